The molecular formula is C10H20FNS. The highest BCUT2D eigenvalue weighted by Crippen LogP contribution is 2.58. The molecule has 78 valence electrons. The molecule has 0 unspecified atom stereocenters. The van der Waals surface area contributed by atoms with Crippen LogP contribution < -0.4 is 0 Å². The summed E-state index contributed by atoms with van der Waals surface area (Å²) < 4.78 is 14.3. The average molecular weight is 205 g/mol. The van der Waals surface area contributed by atoms with Crippen molar-refractivity contribution in [2.45, 2.75) is 51.0 Å². The lowest BCUT2D eigenvalue weighted by Crippen LogP contribution is -2.19. The fraction of sp³-hybridized carbons (Fsp3) is 0.900. The molecule has 0 bridgehead atoms. The molecule has 0 aromatic carbocycles. The fourth-order valence-electron chi connectivity index (χ4n) is 1.39. The van der Waals surface area contributed by atoms with Gasteiger partial charge >= 0.3 is 0 Å². The van der Waals surface area contributed by atoms with E-state index in [1.54, 1.807) is 0 Å². The Bertz CT molecular complexity index is 176. The second-order valence-corrected chi connectivity index (χ2v) is 7.63. The van der Waals surface area contributed by atoms with Crippen LogP contribution in [0.4, 0.5) is 3.89 Å². The quantitative estimate of drug-likeness (QED) is 0.626. The summed E-state index contributed by atoms with van der Waals surface area (Å²) in [4.78, 5) is 0. The van der Waals surface area contributed by atoms with Crippen LogP contribution in [0.1, 0.15) is 40.5 Å². The van der Waals surface area contributed by atoms with Crippen LogP contribution in [0.3, 0.4) is 0 Å². The van der Waals surface area contributed by atoms with E-state index in [0.29, 0.717) is 18.6 Å². The van der Waals surface area contributed by atoms with Crippen molar-refractivity contribution in [3.8, 4) is 6.07 Å². The predicted molar refractivity (Wildman–Crippen MR) is 58.7 cm³/mol. The van der Waals surface area contributed by atoms with Crippen molar-refractivity contribution >= 4 is 10.4 Å². The summed E-state index contributed by atoms with van der Waals surface area (Å²) in [6, 6.07) is 2.06. The van der Waals surface area contributed by atoms with E-state index in [0.717, 1.165) is 0 Å². The van der Waals surface area contributed by atoms with Gasteiger partial charge in [-0.3, -0.25) is 0 Å². The topological polar surface area (TPSA) is 23.8 Å². The summed E-state index contributed by atoms with van der Waals surface area (Å²) in [6.07, 6.45) is 1.19. The summed E-state index contributed by atoms with van der Waals surface area (Å²) in [7, 11) is -2.00. The molecule has 0 fully saturated rings. The van der Waals surface area contributed by atoms with E-state index in [-0.39, 0.29) is 10.5 Å². The minimum absolute atomic E-state index is 0.117. The zero-order chi connectivity index (χ0) is 10.5. The van der Waals surface area contributed by atoms with Crippen molar-refractivity contribution < 1.29 is 3.89 Å². The standard InChI is InChI=1S/C10H20FNS/c1-9(2)13(11,10(3)4)8-6-5-7-12/h9-10H,5-6,8H2,1-4H3. The number of nitriles is 1. The van der Waals surface area contributed by atoms with E-state index < -0.39 is 10.4 Å². The van der Waals surface area contributed by atoms with Crippen LogP contribution >= 0.6 is 10.4 Å². The third-order valence-electron chi connectivity index (χ3n) is 2.31. The van der Waals surface area contributed by atoms with Gasteiger partial charge in [-0.2, -0.15) is 9.15 Å². The van der Waals surface area contributed by atoms with E-state index in [9.17, 15) is 3.89 Å². The largest absolute Gasteiger partial charge is 0.198 e. The Hall–Kier alpha value is -0.230. The number of halogens is 1. The molecule has 0 N–H and O–H groups in total. The van der Waals surface area contributed by atoms with E-state index >= 15 is 0 Å². The third-order valence-corrected chi connectivity index (χ3v) is 6.36. The summed E-state index contributed by atoms with van der Waals surface area (Å²) in [5.41, 5.74) is 0. The maximum Gasteiger partial charge on any atom is 0.0622 e. The van der Waals surface area contributed by atoms with Crippen LogP contribution in [0, 0.1) is 11.3 Å². The van der Waals surface area contributed by atoms with Crippen LogP contribution in [0.25, 0.3) is 0 Å². The van der Waals surface area contributed by atoms with Gasteiger partial charge in [-0.25, -0.2) is 0 Å². The number of rotatable bonds is 5. The first-order valence-electron chi connectivity index (χ1n) is 4.80. The summed E-state index contributed by atoms with van der Waals surface area (Å²) in [6.45, 7) is 7.78. The van der Waals surface area contributed by atoms with E-state index in [4.69, 9.17) is 5.26 Å². The van der Waals surface area contributed by atoms with Gasteiger partial charge < -0.3 is 0 Å². The van der Waals surface area contributed by atoms with Gasteiger partial charge in [-0.1, -0.05) is 38.1 Å². The molecular weight excluding hydrogens is 185 g/mol. The monoisotopic (exact) mass is 205 g/mol. The Labute approximate surface area is 82.9 Å². The van der Waals surface area contributed by atoms with E-state index in [2.05, 4.69) is 6.07 Å². The molecule has 0 saturated heterocycles. The molecule has 0 aromatic heterocycles. The van der Waals surface area contributed by atoms with Gasteiger partial charge in [0.15, 0.2) is 0 Å². The van der Waals surface area contributed by atoms with Crippen molar-refractivity contribution in [2.75, 3.05) is 5.75 Å². The lowest BCUT2D eigenvalue weighted by atomic mass is 10.4. The minimum Gasteiger partial charge on any atom is -0.198 e. The van der Waals surface area contributed by atoms with E-state index in [1.165, 1.54) is 0 Å². The highest BCUT2D eigenvalue weighted by atomic mass is 32.3. The predicted octanol–water partition coefficient (Wildman–Crippen LogP) is 3.80. The van der Waals surface area contributed by atoms with Crippen LogP contribution in [0.5, 0.6) is 0 Å². The Morgan fingerprint density at radius 1 is 1.23 bits per heavy atom. The fourth-order valence-corrected chi connectivity index (χ4v) is 4.01. The molecule has 0 rings (SSSR count). The Morgan fingerprint density at radius 3 is 2.00 bits per heavy atom. The van der Waals surface area contributed by atoms with Crippen molar-refractivity contribution in [3.63, 3.8) is 0 Å². The van der Waals surface area contributed by atoms with Crippen molar-refractivity contribution in [1.82, 2.24) is 0 Å². The van der Waals surface area contributed by atoms with Gasteiger partial charge in [0.1, 0.15) is 0 Å². The van der Waals surface area contributed by atoms with Gasteiger partial charge in [0.05, 0.1) is 6.07 Å². The molecule has 0 heterocycles. The number of hydrogen-bond donors (Lipinski definition) is 0. The van der Waals surface area contributed by atoms with Crippen LogP contribution in [0.2, 0.25) is 0 Å². The highest BCUT2D eigenvalue weighted by Gasteiger charge is 2.30. The van der Waals surface area contributed by atoms with Crippen LogP contribution in [-0.2, 0) is 0 Å². The summed E-state index contributed by atoms with van der Waals surface area (Å²) in [5, 5.41) is 8.61. The summed E-state index contributed by atoms with van der Waals surface area (Å²) >= 11 is 0. The molecule has 1 nitrogen and oxygen atoms in total. The Morgan fingerprint density at radius 2 is 1.69 bits per heavy atom. The normalized spacial score (nSPS) is 13.4. The Balaban J connectivity index is 4.19. The van der Waals surface area contributed by atoms with Gasteiger partial charge in [-0.05, 0) is 6.42 Å². The van der Waals surface area contributed by atoms with Crippen LogP contribution in [-0.4, -0.2) is 16.3 Å². The second-order valence-electron chi connectivity index (χ2n) is 3.82. The molecule has 0 radical (unpaired) electrons. The van der Waals surface area contributed by atoms with Crippen molar-refractivity contribution in [3.05, 3.63) is 0 Å². The molecule has 0 aliphatic carbocycles. The minimum atomic E-state index is -2.00. The van der Waals surface area contributed by atoms with Crippen molar-refractivity contribution in [1.29, 1.82) is 5.26 Å². The second kappa shape index (κ2) is 5.49. The van der Waals surface area contributed by atoms with Gasteiger partial charge in [0.2, 0.25) is 0 Å². The molecule has 3 heteroatoms. The number of hydrogen-bond acceptors (Lipinski definition) is 1. The number of unbranched alkanes of at least 4 members (excludes halogenated alkanes) is 1. The van der Waals surface area contributed by atoms with E-state index in [1.807, 2.05) is 27.7 Å². The lowest BCUT2D eigenvalue weighted by molar-refractivity contribution is 0.791. The average Bonchev–Trinajstić information content (AvgIpc) is 2.03. The third kappa shape index (κ3) is 3.56. The summed E-state index contributed by atoms with van der Waals surface area (Å²) in [5.74, 6) is 0.593. The smallest absolute Gasteiger partial charge is 0.0622 e. The zero-order valence-electron chi connectivity index (χ0n) is 9.01. The van der Waals surface area contributed by atoms with Crippen LogP contribution in [0.15, 0.2) is 0 Å². The maximum atomic E-state index is 14.3. The van der Waals surface area contributed by atoms with Gasteiger partial charge in [-0.15, -0.1) is 0 Å². The lowest BCUT2D eigenvalue weighted by Gasteiger charge is -2.38. The molecule has 0 amide bonds. The highest BCUT2D eigenvalue weighted by molar-refractivity contribution is 8.30. The first-order chi connectivity index (χ1) is 5.95. The number of nitrogens with zero attached hydrogens (tertiary/aromatic N) is 1. The SMILES string of the molecule is CC(C)S(F)(CCCC#N)C(C)C. The van der Waals surface area contributed by atoms with Gasteiger partial charge in [0.25, 0.3) is 0 Å². The molecule has 0 atom stereocenters. The molecule has 0 aromatic rings. The molecule has 0 aliphatic rings. The van der Waals surface area contributed by atoms with Gasteiger partial charge in [0, 0.05) is 22.7 Å². The van der Waals surface area contributed by atoms with Crippen molar-refractivity contribution in [2.24, 2.45) is 0 Å². The molecule has 0 spiro atoms. The Kier molecular flexibility index (Phi) is 5.39. The maximum absolute atomic E-state index is 14.3. The first-order valence-corrected chi connectivity index (χ1v) is 6.63. The molecule has 0 saturated carbocycles. The zero-order valence-corrected chi connectivity index (χ0v) is 9.83. The first kappa shape index (κ1) is 12.8. The molecule has 13 heavy (non-hydrogen) atoms. The molecule has 0 aliphatic heterocycles.